The molecule has 1 amide bonds. The summed E-state index contributed by atoms with van der Waals surface area (Å²) in [5.41, 5.74) is 6.91. The summed E-state index contributed by atoms with van der Waals surface area (Å²) in [5.74, 6) is 0.575. The van der Waals surface area contributed by atoms with Crippen LogP contribution in [0, 0.1) is 5.92 Å². The zero-order valence-corrected chi connectivity index (χ0v) is 13.2. The van der Waals surface area contributed by atoms with Gasteiger partial charge in [-0.1, -0.05) is 32.4 Å². The molecule has 0 aliphatic heterocycles. The van der Waals surface area contributed by atoms with E-state index in [2.05, 4.69) is 31.0 Å². The number of nitrogens with one attached hydrogen (secondary N) is 1. The van der Waals surface area contributed by atoms with E-state index >= 15 is 0 Å². The molecule has 1 aromatic rings. The van der Waals surface area contributed by atoms with Crippen molar-refractivity contribution in [1.82, 2.24) is 4.90 Å². The number of nitrogen functional groups attached to an aromatic ring is 1. The van der Waals surface area contributed by atoms with Gasteiger partial charge in [-0.3, -0.25) is 4.79 Å². The average Bonchev–Trinajstić information content (AvgIpc) is 2.37. The molecule has 112 valence electrons. The average molecular weight is 298 g/mol. The van der Waals surface area contributed by atoms with E-state index in [4.69, 9.17) is 17.3 Å². The van der Waals surface area contributed by atoms with Crippen molar-refractivity contribution in [1.29, 1.82) is 0 Å². The lowest BCUT2D eigenvalue weighted by Gasteiger charge is -2.22. The van der Waals surface area contributed by atoms with Crippen molar-refractivity contribution in [2.75, 3.05) is 30.7 Å². The van der Waals surface area contributed by atoms with Crippen molar-refractivity contribution < 1.29 is 4.79 Å². The molecule has 0 atom stereocenters. The van der Waals surface area contributed by atoms with Crippen molar-refractivity contribution in [3.05, 3.63) is 23.2 Å². The Morgan fingerprint density at radius 2 is 2.15 bits per heavy atom. The third-order valence-corrected chi connectivity index (χ3v) is 3.25. The summed E-state index contributed by atoms with van der Waals surface area (Å²) in [6.07, 6.45) is 0.461. The number of benzene rings is 1. The number of nitrogens with zero attached hydrogens (tertiary/aromatic N) is 1. The Kier molecular flexibility index (Phi) is 6.82. The maximum absolute atomic E-state index is 11.9. The number of carbonyl (C=O) groups excluding carboxylic acids is 1. The Hall–Kier alpha value is -1.26. The molecule has 0 aliphatic rings. The fourth-order valence-corrected chi connectivity index (χ4v) is 2.20. The summed E-state index contributed by atoms with van der Waals surface area (Å²) in [7, 11) is 0. The Morgan fingerprint density at radius 1 is 1.45 bits per heavy atom. The molecule has 20 heavy (non-hydrogen) atoms. The van der Waals surface area contributed by atoms with Crippen LogP contribution in [0.2, 0.25) is 5.02 Å². The Morgan fingerprint density at radius 3 is 2.70 bits per heavy atom. The normalized spacial score (nSPS) is 11.1. The third-order valence-electron chi connectivity index (χ3n) is 3.01. The summed E-state index contributed by atoms with van der Waals surface area (Å²) >= 11 is 5.82. The number of halogens is 1. The molecular formula is C15H24ClN3O. The van der Waals surface area contributed by atoms with Crippen LogP contribution in [0.15, 0.2) is 18.2 Å². The Labute approximate surface area is 126 Å². The van der Waals surface area contributed by atoms with E-state index in [0.717, 1.165) is 19.6 Å². The zero-order valence-electron chi connectivity index (χ0n) is 12.4. The first kappa shape index (κ1) is 16.8. The molecule has 5 heteroatoms. The van der Waals surface area contributed by atoms with Gasteiger partial charge in [0.2, 0.25) is 5.91 Å². The lowest BCUT2D eigenvalue weighted by atomic mass is 10.2. The van der Waals surface area contributed by atoms with Gasteiger partial charge in [0.05, 0.1) is 11.4 Å². The van der Waals surface area contributed by atoms with Gasteiger partial charge in [-0.2, -0.15) is 0 Å². The molecule has 0 saturated carbocycles. The van der Waals surface area contributed by atoms with Gasteiger partial charge in [0.25, 0.3) is 0 Å². The van der Waals surface area contributed by atoms with Gasteiger partial charge in [-0.25, -0.2) is 0 Å². The van der Waals surface area contributed by atoms with Gasteiger partial charge >= 0.3 is 0 Å². The minimum Gasteiger partial charge on any atom is -0.397 e. The molecule has 0 spiro atoms. The third kappa shape index (κ3) is 5.80. The van der Waals surface area contributed by atoms with Gasteiger partial charge in [0.15, 0.2) is 0 Å². The lowest BCUT2D eigenvalue weighted by molar-refractivity contribution is -0.116. The fraction of sp³-hybridized carbons (Fsp3) is 0.533. The second-order valence-corrected chi connectivity index (χ2v) is 5.75. The van der Waals surface area contributed by atoms with Crippen LogP contribution < -0.4 is 11.1 Å². The van der Waals surface area contributed by atoms with Crippen molar-refractivity contribution in [2.24, 2.45) is 5.92 Å². The monoisotopic (exact) mass is 297 g/mol. The molecule has 0 unspecified atom stereocenters. The van der Waals surface area contributed by atoms with Gasteiger partial charge in [-0.15, -0.1) is 0 Å². The predicted molar refractivity (Wildman–Crippen MR) is 86.1 cm³/mol. The molecule has 0 aromatic heterocycles. The molecule has 0 radical (unpaired) electrons. The SMILES string of the molecule is CCN(CCC(=O)Nc1ccc(Cl)cc1N)CC(C)C. The molecule has 4 nitrogen and oxygen atoms in total. The van der Waals surface area contributed by atoms with Crippen molar-refractivity contribution in [3.63, 3.8) is 0 Å². The molecule has 3 N–H and O–H groups in total. The molecular weight excluding hydrogens is 274 g/mol. The van der Waals surface area contributed by atoms with E-state index in [1.54, 1.807) is 18.2 Å². The van der Waals surface area contributed by atoms with Gasteiger partial charge < -0.3 is 16.0 Å². The summed E-state index contributed by atoms with van der Waals surface area (Å²) in [6.45, 7) is 9.18. The maximum atomic E-state index is 11.9. The van der Waals surface area contributed by atoms with E-state index in [-0.39, 0.29) is 5.91 Å². The largest absolute Gasteiger partial charge is 0.397 e. The minimum absolute atomic E-state index is 0.0266. The van der Waals surface area contributed by atoms with E-state index in [9.17, 15) is 4.79 Å². The van der Waals surface area contributed by atoms with Crippen LogP contribution in [0.25, 0.3) is 0 Å². The van der Waals surface area contributed by atoms with Crippen LogP contribution >= 0.6 is 11.6 Å². The zero-order chi connectivity index (χ0) is 15.1. The highest BCUT2D eigenvalue weighted by atomic mass is 35.5. The Balaban J connectivity index is 2.47. The van der Waals surface area contributed by atoms with Gasteiger partial charge in [0.1, 0.15) is 0 Å². The van der Waals surface area contributed by atoms with Crippen LogP contribution in [-0.2, 0) is 4.79 Å². The molecule has 1 aromatic carbocycles. The van der Waals surface area contributed by atoms with Crippen LogP contribution in [0.1, 0.15) is 27.2 Å². The Bertz CT molecular complexity index is 449. The minimum atomic E-state index is -0.0266. The van der Waals surface area contributed by atoms with E-state index in [1.807, 2.05) is 0 Å². The van der Waals surface area contributed by atoms with Crippen molar-refractivity contribution in [2.45, 2.75) is 27.2 Å². The number of hydrogen-bond acceptors (Lipinski definition) is 3. The van der Waals surface area contributed by atoms with Crippen molar-refractivity contribution in [3.8, 4) is 0 Å². The summed E-state index contributed by atoms with van der Waals surface area (Å²) in [5, 5.41) is 3.39. The van der Waals surface area contributed by atoms with Gasteiger partial charge in [-0.05, 0) is 30.7 Å². The molecule has 0 aliphatic carbocycles. The highest BCUT2D eigenvalue weighted by Gasteiger charge is 2.09. The highest BCUT2D eigenvalue weighted by molar-refractivity contribution is 6.31. The number of hydrogen-bond donors (Lipinski definition) is 2. The van der Waals surface area contributed by atoms with E-state index in [1.165, 1.54) is 0 Å². The van der Waals surface area contributed by atoms with E-state index < -0.39 is 0 Å². The van der Waals surface area contributed by atoms with Crippen LogP contribution in [0.5, 0.6) is 0 Å². The number of anilines is 2. The standard InChI is InChI=1S/C15H24ClN3O/c1-4-19(10-11(2)3)8-7-15(20)18-14-6-5-12(16)9-13(14)17/h5-6,9,11H,4,7-8,10,17H2,1-3H3,(H,18,20). The molecule has 1 rings (SSSR count). The maximum Gasteiger partial charge on any atom is 0.225 e. The number of rotatable bonds is 7. The van der Waals surface area contributed by atoms with Crippen molar-refractivity contribution >= 4 is 28.9 Å². The van der Waals surface area contributed by atoms with Crippen LogP contribution in [-0.4, -0.2) is 30.4 Å². The number of nitrogens with two attached hydrogens (primary N) is 1. The topological polar surface area (TPSA) is 58.4 Å². The quantitative estimate of drug-likeness (QED) is 0.760. The summed E-state index contributed by atoms with van der Waals surface area (Å²) in [6, 6.07) is 5.07. The first-order chi connectivity index (χ1) is 9.42. The fourth-order valence-electron chi connectivity index (χ4n) is 2.01. The number of carbonyl (C=O) groups is 1. The highest BCUT2D eigenvalue weighted by Crippen LogP contribution is 2.22. The first-order valence-corrected chi connectivity index (χ1v) is 7.37. The first-order valence-electron chi connectivity index (χ1n) is 6.99. The van der Waals surface area contributed by atoms with Crippen LogP contribution in [0.4, 0.5) is 11.4 Å². The lowest BCUT2D eigenvalue weighted by Crippen LogP contribution is -2.31. The summed E-state index contributed by atoms with van der Waals surface area (Å²) in [4.78, 5) is 14.2. The smallest absolute Gasteiger partial charge is 0.225 e. The molecule has 0 saturated heterocycles. The molecule has 0 fully saturated rings. The molecule has 0 heterocycles. The van der Waals surface area contributed by atoms with Crippen LogP contribution in [0.3, 0.4) is 0 Å². The molecule has 0 bridgehead atoms. The van der Waals surface area contributed by atoms with E-state index in [0.29, 0.717) is 28.7 Å². The number of amides is 1. The second kappa shape index (κ2) is 8.12. The van der Waals surface area contributed by atoms with Gasteiger partial charge in [0, 0.05) is 24.5 Å². The predicted octanol–water partition coefficient (Wildman–Crippen LogP) is 3.23. The summed E-state index contributed by atoms with van der Waals surface area (Å²) < 4.78 is 0. The second-order valence-electron chi connectivity index (χ2n) is 5.32.